The standard InChI is InChI=1S/C14H18N2O3/c1-19-10-13(6-7-17)16-14(18)8-11-2-4-12(9-15)5-3-11/h2-5,13,17H,6-8,10H2,1H3,(H,16,18). The maximum absolute atomic E-state index is 11.8. The van der Waals surface area contributed by atoms with Gasteiger partial charge in [0.1, 0.15) is 0 Å². The zero-order valence-corrected chi connectivity index (χ0v) is 10.9. The SMILES string of the molecule is COCC(CCO)NC(=O)Cc1ccc(C#N)cc1. The Morgan fingerprint density at radius 3 is 2.68 bits per heavy atom. The molecule has 1 rings (SSSR count). The van der Waals surface area contributed by atoms with Crippen molar-refractivity contribution in [1.82, 2.24) is 5.32 Å². The molecule has 0 bridgehead atoms. The normalized spacial score (nSPS) is 11.6. The van der Waals surface area contributed by atoms with E-state index in [1.807, 2.05) is 6.07 Å². The van der Waals surface area contributed by atoms with Crippen LogP contribution in [0.5, 0.6) is 0 Å². The molecule has 102 valence electrons. The van der Waals surface area contributed by atoms with E-state index in [-0.39, 0.29) is 25.0 Å². The Morgan fingerprint density at radius 1 is 1.47 bits per heavy atom. The Hall–Kier alpha value is -1.90. The van der Waals surface area contributed by atoms with Crippen LogP contribution in [0.25, 0.3) is 0 Å². The molecule has 1 unspecified atom stereocenters. The fourth-order valence-electron chi connectivity index (χ4n) is 1.72. The highest BCUT2D eigenvalue weighted by atomic mass is 16.5. The fraction of sp³-hybridized carbons (Fsp3) is 0.429. The predicted molar refractivity (Wildman–Crippen MR) is 70.4 cm³/mol. The lowest BCUT2D eigenvalue weighted by atomic mass is 10.1. The first-order valence-electron chi connectivity index (χ1n) is 6.07. The Morgan fingerprint density at radius 2 is 2.16 bits per heavy atom. The van der Waals surface area contributed by atoms with Gasteiger partial charge in [0.05, 0.1) is 30.7 Å². The van der Waals surface area contributed by atoms with Gasteiger partial charge in [-0.3, -0.25) is 4.79 Å². The van der Waals surface area contributed by atoms with Gasteiger partial charge in [0.15, 0.2) is 0 Å². The lowest BCUT2D eigenvalue weighted by Gasteiger charge is -2.16. The molecule has 2 N–H and O–H groups in total. The Kier molecular flexibility index (Phi) is 6.58. The summed E-state index contributed by atoms with van der Waals surface area (Å²) < 4.78 is 4.98. The van der Waals surface area contributed by atoms with Crippen molar-refractivity contribution in [2.24, 2.45) is 0 Å². The molecule has 1 amide bonds. The molecule has 1 aromatic rings. The maximum Gasteiger partial charge on any atom is 0.224 e. The number of carbonyl (C=O) groups is 1. The minimum Gasteiger partial charge on any atom is -0.396 e. The van der Waals surface area contributed by atoms with Gasteiger partial charge in [-0.05, 0) is 24.1 Å². The summed E-state index contributed by atoms with van der Waals surface area (Å²) >= 11 is 0. The van der Waals surface area contributed by atoms with E-state index >= 15 is 0 Å². The van der Waals surface area contributed by atoms with Crippen molar-refractivity contribution < 1.29 is 14.6 Å². The van der Waals surface area contributed by atoms with Crippen LogP contribution in [-0.4, -0.2) is 37.4 Å². The Balaban J connectivity index is 2.51. The first-order chi connectivity index (χ1) is 9.19. The summed E-state index contributed by atoms with van der Waals surface area (Å²) in [5.74, 6) is -0.125. The number of amides is 1. The van der Waals surface area contributed by atoms with Gasteiger partial charge in [-0.25, -0.2) is 0 Å². The number of rotatable bonds is 7. The van der Waals surface area contributed by atoms with E-state index in [2.05, 4.69) is 5.32 Å². The Labute approximate surface area is 112 Å². The quantitative estimate of drug-likeness (QED) is 0.754. The molecule has 5 heteroatoms. The highest BCUT2D eigenvalue weighted by Crippen LogP contribution is 2.04. The molecule has 5 nitrogen and oxygen atoms in total. The van der Waals surface area contributed by atoms with E-state index in [0.29, 0.717) is 18.6 Å². The molecule has 0 aliphatic carbocycles. The number of ether oxygens (including phenoxy) is 1. The first-order valence-corrected chi connectivity index (χ1v) is 6.07. The predicted octanol–water partition coefficient (Wildman–Crippen LogP) is 0.614. The number of hydrogen-bond acceptors (Lipinski definition) is 4. The summed E-state index contributed by atoms with van der Waals surface area (Å²) in [6.07, 6.45) is 0.713. The summed E-state index contributed by atoms with van der Waals surface area (Å²) in [5.41, 5.74) is 1.42. The van der Waals surface area contributed by atoms with Crippen molar-refractivity contribution >= 4 is 5.91 Å². The van der Waals surface area contributed by atoms with Crippen LogP contribution in [0.4, 0.5) is 0 Å². The van der Waals surface area contributed by atoms with E-state index in [4.69, 9.17) is 15.1 Å². The second kappa shape index (κ2) is 8.25. The minimum atomic E-state index is -0.180. The van der Waals surface area contributed by atoms with E-state index in [1.54, 1.807) is 31.4 Å². The number of nitriles is 1. The van der Waals surface area contributed by atoms with E-state index in [9.17, 15) is 4.79 Å². The molecule has 19 heavy (non-hydrogen) atoms. The van der Waals surface area contributed by atoms with Gasteiger partial charge < -0.3 is 15.2 Å². The molecule has 1 atom stereocenters. The summed E-state index contributed by atoms with van der Waals surface area (Å²) in [6, 6.07) is 8.73. The number of nitrogens with zero attached hydrogens (tertiary/aromatic N) is 1. The van der Waals surface area contributed by atoms with Gasteiger partial charge in [0.2, 0.25) is 5.91 Å². The van der Waals surface area contributed by atoms with Crippen LogP contribution in [0.1, 0.15) is 17.5 Å². The zero-order chi connectivity index (χ0) is 14.1. The molecule has 0 radical (unpaired) electrons. The van der Waals surface area contributed by atoms with Crippen LogP contribution in [0, 0.1) is 11.3 Å². The number of hydrogen-bond donors (Lipinski definition) is 2. The van der Waals surface area contributed by atoms with E-state index in [0.717, 1.165) is 5.56 Å². The number of nitrogens with one attached hydrogen (secondary N) is 1. The number of aliphatic hydroxyl groups is 1. The first kappa shape index (κ1) is 15.2. The second-order valence-electron chi connectivity index (χ2n) is 4.22. The molecule has 0 fully saturated rings. The third-order valence-electron chi connectivity index (χ3n) is 2.66. The lowest BCUT2D eigenvalue weighted by Crippen LogP contribution is -2.39. The zero-order valence-electron chi connectivity index (χ0n) is 10.9. The van der Waals surface area contributed by atoms with Crippen LogP contribution >= 0.6 is 0 Å². The third kappa shape index (κ3) is 5.51. The fourth-order valence-corrected chi connectivity index (χ4v) is 1.72. The summed E-state index contributed by atoms with van der Waals surface area (Å²) in [5, 5.41) is 20.4. The van der Waals surface area contributed by atoms with E-state index in [1.165, 1.54) is 0 Å². The summed E-state index contributed by atoms with van der Waals surface area (Å²) in [7, 11) is 1.55. The lowest BCUT2D eigenvalue weighted by molar-refractivity contribution is -0.121. The Bertz CT molecular complexity index is 431. The van der Waals surface area contributed by atoms with Gasteiger partial charge in [-0.15, -0.1) is 0 Å². The number of aliphatic hydroxyl groups excluding tert-OH is 1. The smallest absolute Gasteiger partial charge is 0.224 e. The molecule has 0 aromatic heterocycles. The molecule has 0 aliphatic heterocycles. The van der Waals surface area contributed by atoms with Crippen LogP contribution in [0.2, 0.25) is 0 Å². The number of benzene rings is 1. The largest absolute Gasteiger partial charge is 0.396 e. The van der Waals surface area contributed by atoms with Crippen LogP contribution in [0.3, 0.4) is 0 Å². The van der Waals surface area contributed by atoms with Crippen molar-refractivity contribution in [2.75, 3.05) is 20.3 Å². The maximum atomic E-state index is 11.8. The minimum absolute atomic E-state index is 0.00513. The molecule has 0 saturated carbocycles. The van der Waals surface area contributed by atoms with Gasteiger partial charge in [0, 0.05) is 13.7 Å². The molecule has 1 aromatic carbocycles. The summed E-state index contributed by atoms with van der Waals surface area (Å²) in [6.45, 7) is 0.380. The van der Waals surface area contributed by atoms with E-state index < -0.39 is 0 Å². The molecule has 0 spiro atoms. The van der Waals surface area contributed by atoms with Crippen molar-refractivity contribution in [3.8, 4) is 6.07 Å². The average molecular weight is 262 g/mol. The monoisotopic (exact) mass is 262 g/mol. The second-order valence-corrected chi connectivity index (χ2v) is 4.22. The van der Waals surface area contributed by atoms with Gasteiger partial charge in [-0.1, -0.05) is 12.1 Å². The summed E-state index contributed by atoms with van der Waals surface area (Å²) in [4.78, 5) is 11.8. The number of carbonyl (C=O) groups excluding carboxylic acids is 1. The van der Waals surface area contributed by atoms with Gasteiger partial charge >= 0.3 is 0 Å². The van der Waals surface area contributed by atoms with Crippen molar-refractivity contribution in [2.45, 2.75) is 18.9 Å². The molecule has 0 saturated heterocycles. The van der Waals surface area contributed by atoms with Crippen LogP contribution in [-0.2, 0) is 16.0 Å². The number of methoxy groups -OCH3 is 1. The van der Waals surface area contributed by atoms with Crippen molar-refractivity contribution in [1.29, 1.82) is 5.26 Å². The highest BCUT2D eigenvalue weighted by Gasteiger charge is 2.12. The van der Waals surface area contributed by atoms with Crippen molar-refractivity contribution in [3.63, 3.8) is 0 Å². The molecular formula is C14H18N2O3. The molecule has 0 aliphatic rings. The van der Waals surface area contributed by atoms with Crippen LogP contribution < -0.4 is 5.32 Å². The average Bonchev–Trinajstić information content (AvgIpc) is 2.40. The topological polar surface area (TPSA) is 82.3 Å². The molecule has 0 heterocycles. The van der Waals surface area contributed by atoms with Crippen LogP contribution in [0.15, 0.2) is 24.3 Å². The highest BCUT2D eigenvalue weighted by molar-refractivity contribution is 5.78. The van der Waals surface area contributed by atoms with Gasteiger partial charge in [-0.2, -0.15) is 5.26 Å². The van der Waals surface area contributed by atoms with Gasteiger partial charge in [0.25, 0.3) is 0 Å². The third-order valence-corrected chi connectivity index (χ3v) is 2.66. The van der Waals surface area contributed by atoms with Crippen molar-refractivity contribution in [3.05, 3.63) is 35.4 Å². The molecular weight excluding hydrogens is 244 g/mol.